The van der Waals surface area contributed by atoms with Crippen LogP contribution in [-0.2, 0) is 26.2 Å². The van der Waals surface area contributed by atoms with E-state index >= 15 is 0 Å². The van der Waals surface area contributed by atoms with Gasteiger partial charge in [-0.2, -0.15) is 0 Å². The van der Waals surface area contributed by atoms with Crippen molar-refractivity contribution in [2.75, 3.05) is 31.3 Å². The smallest absolute Gasteiger partial charge is 0.227 e. The van der Waals surface area contributed by atoms with E-state index in [2.05, 4.69) is 5.32 Å². The Bertz CT molecular complexity index is 637. The van der Waals surface area contributed by atoms with E-state index in [9.17, 15) is 13.2 Å². The van der Waals surface area contributed by atoms with Crippen LogP contribution in [0.3, 0.4) is 0 Å². The van der Waals surface area contributed by atoms with Crippen molar-refractivity contribution in [3.8, 4) is 0 Å². The minimum absolute atomic E-state index is 0.0480. The zero-order valence-corrected chi connectivity index (χ0v) is 14.4. The molecule has 1 fully saturated rings. The molecule has 1 heterocycles. The predicted molar refractivity (Wildman–Crippen MR) is 89.5 cm³/mol. The molecule has 1 aliphatic rings. The number of carbonyl (C=O) groups is 1. The van der Waals surface area contributed by atoms with Crippen molar-refractivity contribution in [3.63, 3.8) is 0 Å². The van der Waals surface area contributed by atoms with Crippen LogP contribution in [0.1, 0.15) is 25.3 Å². The first-order valence-electron chi connectivity index (χ1n) is 7.83. The van der Waals surface area contributed by atoms with Crippen LogP contribution >= 0.6 is 0 Å². The molecular formula is C16H24N2O4S. The van der Waals surface area contributed by atoms with E-state index in [1.54, 1.807) is 14.0 Å². The summed E-state index contributed by atoms with van der Waals surface area (Å²) in [7, 11) is -1.53. The first-order valence-corrected chi connectivity index (χ1v) is 9.43. The normalized spacial score (nSPS) is 17.1. The average molecular weight is 340 g/mol. The third-order valence-corrected chi connectivity index (χ3v) is 5.97. The summed E-state index contributed by atoms with van der Waals surface area (Å²) in [5, 5.41) is 2.92. The SMILES string of the molecule is CCS(=O)(=O)N1CCC(C(=O)Nc2cccc(COC)c2)CC1. The summed E-state index contributed by atoms with van der Waals surface area (Å²) in [5.41, 5.74) is 1.74. The number of ether oxygens (including phenoxy) is 1. The first kappa shape index (κ1) is 17.9. The number of piperidine rings is 1. The van der Waals surface area contributed by atoms with Gasteiger partial charge >= 0.3 is 0 Å². The molecule has 0 aromatic heterocycles. The van der Waals surface area contributed by atoms with Crippen LogP contribution in [-0.4, -0.2) is 44.6 Å². The summed E-state index contributed by atoms with van der Waals surface area (Å²) in [6.07, 6.45) is 1.12. The molecule has 1 amide bonds. The van der Waals surface area contributed by atoms with E-state index in [1.807, 2.05) is 24.3 Å². The lowest BCUT2D eigenvalue weighted by Gasteiger charge is -2.30. The number of rotatable bonds is 6. The van der Waals surface area contributed by atoms with E-state index in [-0.39, 0.29) is 17.6 Å². The largest absolute Gasteiger partial charge is 0.380 e. The number of anilines is 1. The molecule has 6 nitrogen and oxygen atoms in total. The summed E-state index contributed by atoms with van der Waals surface area (Å²) in [6, 6.07) is 7.54. The molecule has 0 saturated carbocycles. The molecule has 2 rings (SSSR count). The second-order valence-electron chi connectivity index (χ2n) is 5.70. The van der Waals surface area contributed by atoms with Gasteiger partial charge in [-0.15, -0.1) is 0 Å². The van der Waals surface area contributed by atoms with Gasteiger partial charge in [0.2, 0.25) is 15.9 Å². The number of hydrogen-bond acceptors (Lipinski definition) is 4. The topological polar surface area (TPSA) is 75.7 Å². The Labute approximate surface area is 137 Å². The highest BCUT2D eigenvalue weighted by molar-refractivity contribution is 7.89. The zero-order chi connectivity index (χ0) is 16.9. The first-order chi connectivity index (χ1) is 11.0. The maximum atomic E-state index is 12.4. The highest BCUT2D eigenvalue weighted by Gasteiger charge is 2.30. The Morgan fingerprint density at radius 3 is 2.65 bits per heavy atom. The molecule has 1 aromatic rings. The standard InChI is InChI=1S/C16H24N2O4S/c1-3-23(20,21)18-9-7-14(8-10-18)16(19)17-15-6-4-5-13(11-15)12-22-2/h4-6,11,14H,3,7-10,12H2,1-2H3,(H,17,19). The van der Waals surface area contributed by atoms with Crippen LogP contribution in [0.25, 0.3) is 0 Å². The van der Waals surface area contributed by atoms with E-state index in [4.69, 9.17) is 4.74 Å². The summed E-state index contributed by atoms with van der Waals surface area (Å²) in [4.78, 5) is 12.4. The Balaban J connectivity index is 1.92. The lowest BCUT2D eigenvalue weighted by molar-refractivity contribution is -0.120. The van der Waals surface area contributed by atoms with Crippen LogP contribution in [0.4, 0.5) is 5.69 Å². The highest BCUT2D eigenvalue weighted by atomic mass is 32.2. The number of hydrogen-bond donors (Lipinski definition) is 1. The number of carbonyl (C=O) groups excluding carboxylic acids is 1. The molecule has 128 valence electrons. The second kappa shape index (κ2) is 7.90. The van der Waals surface area contributed by atoms with Gasteiger partial charge in [0.25, 0.3) is 0 Å². The Hall–Kier alpha value is -1.44. The molecule has 0 radical (unpaired) electrons. The highest BCUT2D eigenvalue weighted by Crippen LogP contribution is 2.22. The average Bonchev–Trinajstić information content (AvgIpc) is 2.55. The third-order valence-electron chi connectivity index (χ3n) is 4.09. The van der Waals surface area contributed by atoms with Crippen molar-refractivity contribution < 1.29 is 17.9 Å². The molecule has 1 saturated heterocycles. The van der Waals surface area contributed by atoms with Gasteiger partial charge in [0, 0.05) is 31.8 Å². The number of nitrogens with one attached hydrogen (secondary N) is 1. The molecule has 0 atom stereocenters. The molecule has 1 aliphatic heterocycles. The van der Waals surface area contributed by atoms with Gasteiger partial charge in [-0.3, -0.25) is 4.79 Å². The van der Waals surface area contributed by atoms with Crippen LogP contribution in [0.5, 0.6) is 0 Å². The summed E-state index contributed by atoms with van der Waals surface area (Å²) in [5.74, 6) is -0.0895. The van der Waals surface area contributed by atoms with Crippen molar-refractivity contribution in [3.05, 3.63) is 29.8 Å². The Kier molecular flexibility index (Phi) is 6.15. The fourth-order valence-corrected chi connectivity index (χ4v) is 3.86. The van der Waals surface area contributed by atoms with Gasteiger partial charge in [-0.1, -0.05) is 12.1 Å². The van der Waals surface area contributed by atoms with Gasteiger partial charge in [0.15, 0.2) is 0 Å². The minimum Gasteiger partial charge on any atom is -0.380 e. The number of benzene rings is 1. The van der Waals surface area contributed by atoms with Crippen molar-refractivity contribution in [1.29, 1.82) is 0 Å². The van der Waals surface area contributed by atoms with Gasteiger partial charge in [-0.25, -0.2) is 12.7 Å². The number of sulfonamides is 1. The van der Waals surface area contributed by atoms with E-state index in [0.717, 1.165) is 11.3 Å². The molecule has 0 spiro atoms. The van der Waals surface area contributed by atoms with Gasteiger partial charge < -0.3 is 10.1 Å². The quantitative estimate of drug-likeness (QED) is 0.857. The summed E-state index contributed by atoms with van der Waals surface area (Å²) < 4.78 is 30.2. The van der Waals surface area contributed by atoms with Crippen molar-refractivity contribution in [2.45, 2.75) is 26.4 Å². The maximum Gasteiger partial charge on any atom is 0.227 e. The fraction of sp³-hybridized carbons (Fsp3) is 0.562. The molecular weight excluding hydrogens is 316 g/mol. The van der Waals surface area contributed by atoms with Crippen molar-refractivity contribution in [2.24, 2.45) is 5.92 Å². The van der Waals surface area contributed by atoms with E-state index in [0.29, 0.717) is 32.5 Å². The van der Waals surface area contributed by atoms with Crippen LogP contribution in [0.2, 0.25) is 0 Å². The fourth-order valence-electron chi connectivity index (χ4n) is 2.73. The lowest BCUT2D eigenvalue weighted by Crippen LogP contribution is -2.42. The molecule has 7 heteroatoms. The second-order valence-corrected chi connectivity index (χ2v) is 7.95. The van der Waals surface area contributed by atoms with Crippen LogP contribution < -0.4 is 5.32 Å². The van der Waals surface area contributed by atoms with Crippen molar-refractivity contribution >= 4 is 21.6 Å². The summed E-state index contributed by atoms with van der Waals surface area (Å²) in [6.45, 7) is 2.97. The zero-order valence-electron chi connectivity index (χ0n) is 13.6. The van der Waals surface area contributed by atoms with Gasteiger partial charge in [0.1, 0.15) is 0 Å². The van der Waals surface area contributed by atoms with Gasteiger partial charge in [-0.05, 0) is 37.5 Å². The third kappa shape index (κ3) is 4.76. The lowest BCUT2D eigenvalue weighted by atomic mass is 9.97. The number of methoxy groups -OCH3 is 1. The maximum absolute atomic E-state index is 12.4. The van der Waals surface area contributed by atoms with Crippen LogP contribution in [0, 0.1) is 5.92 Å². The molecule has 1 N–H and O–H groups in total. The van der Waals surface area contributed by atoms with Crippen molar-refractivity contribution in [1.82, 2.24) is 4.31 Å². The molecule has 0 unspecified atom stereocenters. The monoisotopic (exact) mass is 340 g/mol. The molecule has 0 aliphatic carbocycles. The molecule has 1 aromatic carbocycles. The number of amides is 1. The Morgan fingerprint density at radius 1 is 1.35 bits per heavy atom. The minimum atomic E-state index is -3.15. The Morgan fingerprint density at radius 2 is 2.04 bits per heavy atom. The predicted octanol–water partition coefficient (Wildman–Crippen LogP) is 1.83. The van der Waals surface area contributed by atoms with E-state index in [1.165, 1.54) is 4.31 Å². The van der Waals surface area contributed by atoms with Gasteiger partial charge in [0.05, 0.1) is 12.4 Å². The molecule has 23 heavy (non-hydrogen) atoms. The van der Waals surface area contributed by atoms with Crippen LogP contribution in [0.15, 0.2) is 24.3 Å². The molecule has 0 bridgehead atoms. The number of nitrogens with zero attached hydrogens (tertiary/aromatic N) is 1. The van der Waals surface area contributed by atoms with E-state index < -0.39 is 10.0 Å². The summed E-state index contributed by atoms with van der Waals surface area (Å²) >= 11 is 0.